The molecule has 3 aromatic rings. The van der Waals surface area contributed by atoms with Gasteiger partial charge in [-0.05, 0) is 36.1 Å². The summed E-state index contributed by atoms with van der Waals surface area (Å²) in [5.41, 5.74) is -0.770. The van der Waals surface area contributed by atoms with Crippen LogP contribution in [0.15, 0.2) is 66.7 Å². The average Bonchev–Trinajstić information content (AvgIpc) is 2.97. The predicted molar refractivity (Wildman–Crippen MR) is 113 cm³/mol. The molecule has 1 fully saturated rings. The van der Waals surface area contributed by atoms with Gasteiger partial charge in [0.2, 0.25) is 5.91 Å². The Morgan fingerprint density at radius 2 is 1.70 bits per heavy atom. The number of carbonyl (C=O) groups is 3. The summed E-state index contributed by atoms with van der Waals surface area (Å²) >= 11 is 0. The van der Waals surface area contributed by atoms with Gasteiger partial charge in [-0.15, -0.1) is 13.2 Å². The lowest BCUT2D eigenvalue weighted by Gasteiger charge is -2.22. The Morgan fingerprint density at radius 1 is 1.03 bits per heavy atom. The van der Waals surface area contributed by atoms with Crippen LogP contribution in [-0.2, 0) is 15.1 Å². The Hall–Kier alpha value is -4.08. The summed E-state index contributed by atoms with van der Waals surface area (Å²) in [5.74, 6) is -1.74. The number of urea groups is 1. The molecule has 1 unspecified atom stereocenters. The number of fused-ring (bicyclic) bond motifs is 1. The van der Waals surface area contributed by atoms with Gasteiger partial charge in [-0.2, -0.15) is 0 Å². The summed E-state index contributed by atoms with van der Waals surface area (Å²) in [6, 6.07) is 16.6. The van der Waals surface area contributed by atoms with Crippen molar-refractivity contribution in [2.45, 2.75) is 18.8 Å². The van der Waals surface area contributed by atoms with Crippen molar-refractivity contribution in [2.75, 3.05) is 11.9 Å². The molecule has 1 aliphatic rings. The van der Waals surface area contributed by atoms with Gasteiger partial charge in [0.05, 0.1) is 0 Å². The first-order valence-electron chi connectivity index (χ1n) is 9.85. The Labute approximate surface area is 186 Å². The molecule has 3 aromatic carbocycles. The lowest BCUT2D eigenvalue weighted by Crippen LogP contribution is -2.42. The van der Waals surface area contributed by atoms with Crippen molar-refractivity contribution in [1.82, 2.24) is 10.2 Å². The molecule has 1 saturated heterocycles. The topological polar surface area (TPSA) is 87.7 Å². The first-order valence-corrected chi connectivity index (χ1v) is 9.85. The third-order valence-corrected chi connectivity index (χ3v) is 5.31. The second kappa shape index (κ2) is 8.12. The van der Waals surface area contributed by atoms with E-state index in [0.717, 1.165) is 27.8 Å². The summed E-state index contributed by atoms with van der Waals surface area (Å²) in [5, 5.41) is 6.94. The first kappa shape index (κ1) is 22.1. The molecule has 1 atom stereocenters. The van der Waals surface area contributed by atoms with E-state index in [1.807, 2.05) is 30.3 Å². The molecule has 0 aromatic heterocycles. The highest BCUT2D eigenvalue weighted by Crippen LogP contribution is 2.31. The molecule has 33 heavy (non-hydrogen) atoms. The number of anilines is 1. The zero-order valence-corrected chi connectivity index (χ0v) is 17.3. The van der Waals surface area contributed by atoms with Gasteiger partial charge in [0.25, 0.3) is 5.91 Å². The minimum Gasteiger partial charge on any atom is -0.406 e. The number of benzene rings is 3. The van der Waals surface area contributed by atoms with Crippen LogP contribution < -0.4 is 15.4 Å². The number of ether oxygens (including phenoxy) is 1. The van der Waals surface area contributed by atoms with Crippen molar-refractivity contribution in [3.63, 3.8) is 0 Å². The van der Waals surface area contributed by atoms with Gasteiger partial charge in [-0.1, -0.05) is 48.5 Å². The van der Waals surface area contributed by atoms with E-state index in [9.17, 15) is 27.6 Å². The number of halogens is 3. The van der Waals surface area contributed by atoms with Gasteiger partial charge >= 0.3 is 12.4 Å². The molecule has 0 radical (unpaired) electrons. The molecule has 0 spiro atoms. The second-order valence-corrected chi connectivity index (χ2v) is 7.59. The summed E-state index contributed by atoms with van der Waals surface area (Å²) in [6.45, 7) is 0.883. The smallest absolute Gasteiger partial charge is 0.406 e. The number of alkyl halides is 3. The van der Waals surface area contributed by atoms with E-state index in [1.165, 1.54) is 19.1 Å². The van der Waals surface area contributed by atoms with Crippen LogP contribution in [0.4, 0.5) is 23.7 Å². The van der Waals surface area contributed by atoms with Crippen molar-refractivity contribution < 1.29 is 32.3 Å². The van der Waals surface area contributed by atoms with E-state index in [2.05, 4.69) is 15.4 Å². The van der Waals surface area contributed by atoms with Crippen molar-refractivity contribution in [1.29, 1.82) is 0 Å². The zero-order chi connectivity index (χ0) is 23.8. The number of nitrogens with zero attached hydrogens (tertiary/aromatic N) is 1. The van der Waals surface area contributed by atoms with Crippen molar-refractivity contribution in [3.05, 3.63) is 72.3 Å². The molecule has 10 heteroatoms. The van der Waals surface area contributed by atoms with Gasteiger partial charge < -0.3 is 15.4 Å². The maximum Gasteiger partial charge on any atom is 0.573 e. The number of hydrogen-bond donors (Lipinski definition) is 2. The number of amides is 4. The van der Waals surface area contributed by atoms with Crippen LogP contribution in [0.25, 0.3) is 10.8 Å². The van der Waals surface area contributed by atoms with Crippen LogP contribution in [0.1, 0.15) is 12.5 Å². The molecule has 4 rings (SSSR count). The minimum absolute atomic E-state index is 0.243. The number of carbonyl (C=O) groups excluding carboxylic acids is 3. The minimum atomic E-state index is -4.85. The maximum absolute atomic E-state index is 13.0. The Bertz CT molecular complexity index is 1240. The largest absolute Gasteiger partial charge is 0.573 e. The average molecular weight is 457 g/mol. The van der Waals surface area contributed by atoms with Crippen molar-refractivity contribution >= 4 is 34.3 Å². The van der Waals surface area contributed by atoms with Crippen molar-refractivity contribution in [3.8, 4) is 5.75 Å². The fourth-order valence-electron chi connectivity index (χ4n) is 3.69. The Morgan fingerprint density at radius 3 is 2.39 bits per heavy atom. The van der Waals surface area contributed by atoms with E-state index in [4.69, 9.17) is 0 Å². The van der Waals surface area contributed by atoms with E-state index in [-0.39, 0.29) is 5.56 Å². The van der Waals surface area contributed by atoms with E-state index in [1.54, 1.807) is 12.1 Å². The van der Waals surface area contributed by atoms with Gasteiger partial charge in [-0.25, -0.2) is 4.79 Å². The monoisotopic (exact) mass is 457 g/mol. The standard InChI is InChI=1S/C23H18F3N3O4/c1-22(15-9-11-16(12-10-15)33-23(24,25)26)20(31)29(21(32)28-22)13-19(30)27-18-8-4-6-14-5-2-3-7-17(14)18/h2-12H,13H2,1H3,(H,27,30)(H,28,32). The first-order chi connectivity index (χ1) is 15.6. The molecule has 0 bridgehead atoms. The maximum atomic E-state index is 13.0. The number of nitrogens with one attached hydrogen (secondary N) is 2. The third kappa shape index (κ3) is 4.45. The van der Waals surface area contributed by atoms with Crippen LogP contribution >= 0.6 is 0 Å². The molecule has 1 aliphatic heterocycles. The predicted octanol–water partition coefficient (Wildman–Crippen LogP) is 4.14. The van der Waals surface area contributed by atoms with Crippen LogP contribution in [0.3, 0.4) is 0 Å². The molecule has 1 heterocycles. The van der Waals surface area contributed by atoms with Crippen LogP contribution in [-0.4, -0.2) is 35.7 Å². The van der Waals surface area contributed by atoms with E-state index >= 15 is 0 Å². The summed E-state index contributed by atoms with van der Waals surface area (Å²) in [7, 11) is 0. The molecule has 0 aliphatic carbocycles. The van der Waals surface area contributed by atoms with Crippen LogP contribution in [0.2, 0.25) is 0 Å². The molecule has 0 saturated carbocycles. The fraction of sp³-hybridized carbons (Fsp3) is 0.174. The second-order valence-electron chi connectivity index (χ2n) is 7.59. The molecular weight excluding hydrogens is 439 g/mol. The lowest BCUT2D eigenvalue weighted by atomic mass is 9.92. The Balaban J connectivity index is 1.49. The molecule has 170 valence electrons. The molecule has 2 N–H and O–H groups in total. The van der Waals surface area contributed by atoms with Crippen molar-refractivity contribution in [2.24, 2.45) is 0 Å². The number of rotatable bonds is 5. The SMILES string of the molecule is CC1(c2ccc(OC(F)(F)F)cc2)NC(=O)N(CC(=O)Nc2cccc3ccccc23)C1=O. The highest BCUT2D eigenvalue weighted by molar-refractivity contribution is 6.11. The number of imide groups is 1. The van der Waals surface area contributed by atoms with Crippen LogP contribution in [0.5, 0.6) is 5.75 Å². The van der Waals surface area contributed by atoms with Gasteiger partial charge in [0.1, 0.15) is 17.8 Å². The van der Waals surface area contributed by atoms with Crippen LogP contribution in [0, 0.1) is 0 Å². The fourth-order valence-corrected chi connectivity index (χ4v) is 3.69. The third-order valence-electron chi connectivity index (χ3n) is 5.31. The Kier molecular flexibility index (Phi) is 5.44. The highest BCUT2D eigenvalue weighted by Gasteiger charge is 2.49. The summed E-state index contributed by atoms with van der Waals surface area (Å²) in [4.78, 5) is 38.9. The molecular formula is C23H18F3N3O4. The van der Waals surface area contributed by atoms with Gasteiger partial charge in [-0.3, -0.25) is 14.5 Å². The highest BCUT2D eigenvalue weighted by atomic mass is 19.4. The molecule has 7 nitrogen and oxygen atoms in total. The quantitative estimate of drug-likeness (QED) is 0.564. The van der Waals surface area contributed by atoms with E-state index < -0.39 is 42.0 Å². The lowest BCUT2D eigenvalue weighted by molar-refractivity contribution is -0.274. The van der Waals surface area contributed by atoms with E-state index in [0.29, 0.717) is 5.69 Å². The molecule has 4 amide bonds. The summed E-state index contributed by atoms with van der Waals surface area (Å²) < 4.78 is 40.9. The number of hydrogen-bond acceptors (Lipinski definition) is 4. The normalized spacial score (nSPS) is 18.4. The van der Waals surface area contributed by atoms with Gasteiger partial charge in [0.15, 0.2) is 0 Å². The zero-order valence-electron chi connectivity index (χ0n) is 17.3. The summed E-state index contributed by atoms with van der Waals surface area (Å²) in [6.07, 6.45) is -4.85. The van der Waals surface area contributed by atoms with Gasteiger partial charge in [0, 0.05) is 11.1 Å².